The topological polar surface area (TPSA) is 130 Å². The van der Waals surface area contributed by atoms with Crippen LogP contribution < -0.4 is 11.5 Å². The fraction of sp³-hybridized carbons (Fsp3) is 0.438. The molecule has 7 N–H and O–H groups in total. The summed E-state index contributed by atoms with van der Waals surface area (Å²) in [4.78, 5) is 10.2. The molecule has 6 nitrogen and oxygen atoms in total. The van der Waals surface area contributed by atoms with Crippen LogP contribution in [0.1, 0.15) is 31.9 Å². The standard InChI is InChI=1S/C9H13NO2.C7H13NO2/c10-8(6-11)9(12)7-4-2-1-3-5-7;1-3-5(2)4-6(8)7(9)10/h1-5,8-9,11-12H,6,10H2;3,6H,4,8H2,1-2H3,(H,9,10)/t8-,9-;/m0./s1. The van der Waals surface area contributed by atoms with Gasteiger partial charge in [0.15, 0.2) is 0 Å². The second-order valence-electron chi connectivity index (χ2n) is 4.99. The summed E-state index contributed by atoms with van der Waals surface area (Å²) in [6, 6.07) is 7.70. The Morgan fingerprint density at radius 3 is 2.23 bits per heavy atom. The number of aliphatic carboxylic acids is 1. The van der Waals surface area contributed by atoms with Crippen LogP contribution in [0.25, 0.3) is 0 Å². The Bertz CT molecular complexity index is 462. The maximum absolute atomic E-state index is 10.2. The molecule has 0 radical (unpaired) electrons. The van der Waals surface area contributed by atoms with Gasteiger partial charge < -0.3 is 26.8 Å². The van der Waals surface area contributed by atoms with E-state index in [4.69, 9.17) is 21.7 Å². The highest BCUT2D eigenvalue weighted by Crippen LogP contribution is 2.14. The Kier molecular flexibility index (Phi) is 10.1. The van der Waals surface area contributed by atoms with Crippen LogP contribution in [-0.4, -0.2) is 40.0 Å². The van der Waals surface area contributed by atoms with Crippen molar-refractivity contribution in [3.63, 3.8) is 0 Å². The predicted octanol–water partition coefficient (Wildman–Crippen LogP) is 0.794. The van der Waals surface area contributed by atoms with Gasteiger partial charge in [-0.25, -0.2) is 0 Å². The molecule has 0 aromatic heterocycles. The number of allylic oxidation sites excluding steroid dienone is 1. The van der Waals surface area contributed by atoms with Crippen molar-refractivity contribution in [2.24, 2.45) is 11.5 Å². The van der Waals surface area contributed by atoms with Gasteiger partial charge in [-0.2, -0.15) is 0 Å². The second kappa shape index (κ2) is 10.9. The zero-order valence-corrected chi connectivity index (χ0v) is 13.0. The number of carbonyl (C=O) groups is 1. The van der Waals surface area contributed by atoms with Gasteiger partial charge in [0, 0.05) is 0 Å². The Hall–Kier alpha value is -1.73. The van der Waals surface area contributed by atoms with E-state index >= 15 is 0 Å². The molecule has 0 saturated heterocycles. The summed E-state index contributed by atoms with van der Waals surface area (Å²) < 4.78 is 0. The molecule has 0 amide bonds. The summed E-state index contributed by atoms with van der Waals surface area (Å²) in [7, 11) is 0. The van der Waals surface area contributed by atoms with Gasteiger partial charge in [0.05, 0.1) is 18.8 Å². The van der Waals surface area contributed by atoms with Crippen LogP contribution in [0.5, 0.6) is 0 Å². The largest absolute Gasteiger partial charge is 0.480 e. The lowest BCUT2D eigenvalue weighted by Crippen LogP contribution is -2.31. The Morgan fingerprint density at radius 2 is 1.82 bits per heavy atom. The van der Waals surface area contributed by atoms with Crippen LogP contribution in [0.2, 0.25) is 0 Å². The van der Waals surface area contributed by atoms with Gasteiger partial charge in [-0.15, -0.1) is 0 Å². The van der Waals surface area contributed by atoms with E-state index in [2.05, 4.69) is 0 Å². The molecular formula is C16H26N2O4. The number of nitrogens with two attached hydrogens (primary N) is 2. The van der Waals surface area contributed by atoms with Crippen molar-refractivity contribution in [2.45, 2.75) is 38.5 Å². The first-order valence-corrected chi connectivity index (χ1v) is 7.03. The predicted molar refractivity (Wildman–Crippen MR) is 86.1 cm³/mol. The zero-order valence-electron chi connectivity index (χ0n) is 13.0. The number of hydrogen-bond acceptors (Lipinski definition) is 5. The first-order valence-electron chi connectivity index (χ1n) is 7.03. The van der Waals surface area contributed by atoms with E-state index in [1.54, 1.807) is 12.1 Å². The van der Waals surface area contributed by atoms with Gasteiger partial charge in [-0.1, -0.05) is 42.0 Å². The Labute approximate surface area is 131 Å². The van der Waals surface area contributed by atoms with E-state index < -0.39 is 24.2 Å². The molecule has 0 aliphatic heterocycles. The third-order valence-electron chi connectivity index (χ3n) is 3.11. The monoisotopic (exact) mass is 310 g/mol. The lowest BCUT2D eigenvalue weighted by molar-refractivity contribution is -0.138. The summed E-state index contributed by atoms with van der Waals surface area (Å²) in [5.74, 6) is -0.943. The SMILES string of the molecule is CC=C(C)CC(N)C(=O)O.N[C@@H](CO)[C@@H](O)c1ccccc1. The van der Waals surface area contributed by atoms with Crippen molar-refractivity contribution in [3.8, 4) is 0 Å². The maximum atomic E-state index is 10.2. The molecule has 1 rings (SSSR count). The molecule has 0 aliphatic carbocycles. The Balaban J connectivity index is 0.000000409. The van der Waals surface area contributed by atoms with Crippen molar-refractivity contribution in [1.29, 1.82) is 0 Å². The van der Waals surface area contributed by atoms with E-state index in [1.807, 2.05) is 38.1 Å². The van der Waals surface area contributed by atoms with Crippen LogP contribution in [0.3, 0.4) is 0 Å². The number of rotatable bonds is 6. The maximum Gasteiger partial charge on any atom is 0.320 e. The van der Waals surface area contributed by atoms with Crippen LogP contribution in [0.15, 0.2) is 42.0 Å². The van der Waals surface area contributed by atoms with E-state index in [1.165, 1.54) is 0 Å². The van der Waals surface area contributed by atoms with Crippen molar-refractivity contribution >= 4 is 5.97 Å². The summed E-state index contributed by atoms with van der Waals surface area (Å²) in [6.07, 6.45) is 1.52. The van der Waals surface area contributed by atoms with Gasteiger partial charge in [-0.3, -0.25) is 4.79 Å². The van der Waals surface area contributed by atoms with Crippen molar-refractivity contribution in [3.05, 3.63) is 47.5 Å². The number of aliphatic hydroxyl groups is 2. The third kappa shape index (κ3) is 7.90. The minimum absolute atomic E-state index is 0.212. The molecular weight excluding hydrogens is 284 g/mol. The third-order valence-corrected chi connectivity index (χ3v) is 3.11. The van der Waals surface area contributed by atoms with Crippen LogP contribution >= 0.6 is 0 Å². The quantitative estimate of drug-likeness (QED) is 0.494. The highest BCUT2D eigenvalue weighted by molar-refractivity contribution is 5.73. The normalized spacial score (nSPS) is 15.3. The second-order valence-corrected chi connectivity index (χ2v) is 4.99. The molecule has 124 valence electrons. The van der Waals surface area contributed by atoms with Crippen LogP contribution in [-0.2, 0) is 4.79 Å². The average Bonchev–Trinajstić information content (AvgIpc) is 2.54. The molecule has 0 fully saturated rings. The molecule has 22 heavy (non-hydrogen) atoms. The van der Waals surface area contributed by atoms with Crippen molar-refractivity contribution in [1.82, 2.24) is 0 Å². The molecule has 1 aromatic rings. The zero-order chi connectivity index (χ0) is 17.1. The van der Waals surface area contributed by atoms with Crippen molar-refractivity contribution in [2.75, 3.05) is 6.61 Å². The molecule has 6 heteroatoms. The smallest absolute Gasteiger partial charge is 0.320 e. The van der Waals surface area contributed by atoms with Crippen LogP contribution in [0.4, 0.5) is 0 Å². The molecule has 0 aliphatic rings. The number of hydrogen-bond donors (Lipinski definition) is 5. The number of carboxylic acid groups (broad SMARTS) is 1. The minimum atomic E-state index is -0.943. The minimum Gasteiger partial charge on any atom is -0.480 e. The highest BCUT2D eigenvalue weighted by Gasteiger charge is 2.14. The van der Waals surface area contributed by atoms with Gasteiger partial charge in [-0.05, 0) is 25.8 Å². The first kappa shape index (κ1) is 20.3. The average molecular weight is 310 g/mol. The molecule has 0 spiro atoms. The van der Waals surface area contributed by atoms with Crippen LogP contribution in [0, 0.1) is 0 Å². The molecule has 0 bridgehead atoms. The highest BCUT2D eigenvalue weighted by atomic mass is 16.4. The lowest BCUT2D eigenvalue weighted by Gasteiger charge is -2.16. The lowest BCUT2D eigenvalue weighted by atomic mass is 10.0. The molecule has 1 unspecified atom stereocenters. The summed E-state index contributed by atoms with van der Waals surface area (Å²) in [5.41, 5.74) is 12.4. The summed E-state index contributed by atoms with van der Waals surface area (Å²) in [5, 5.41) is 26.6. The number of benzene rings is 1. The molecule has 0 saturated carbocycles. The van der Waals surface area contributed by atoms with E-state index in [0.717, 1.165) is 11.1 Å². The molecule has 3 atom stereocenters. The molecule has 0 heterocycles. The van der Waals surface area contributed by atoms with Gasteiger partial charge in [0.25, 0.3) is 0 Å². The number of aliphatic hydroxyl groups excluding tert-OH is 2. The van der Waals surface area contributed by atoms with Gasteiger partial charge in [0.2, 0.25) is 0 Å². The Morgan fingerprint density at radius 1 is 1.27 bits per heavy atom. The summed E-state index contributed by atoms with van der Waals surface area (Å²) >= 11 is 0. The fourth-order valence-corrected chi connectivity index (χ4v) is 1.55. The molecule has 1 aromatic carbocycles. The fourth-order valence-electron chi connectivity index (χ4n) is 1.55. The van der Waals surface area contributed by atoms with Gasteiger partial charge in [0.1, 0.15) is 6.04 Å². The van der Waals surface area contributed by atoms with Gasteiger partial charge >= 0.3 is 5.97 Å². The number of carboxylic acids is 1. The summed E-state index contributed by atoms with van der Waals surface area (Å²) in [6.45, 7) is 3.52. The van der Waals surface area contributed by atoms with E-state index in [0.29, 0.717) is 6.42 Å². The van der Waals surface area contributed by atoms with E-state index in [-0.39, 0.29) is 6.61 Å². The first-order chi connectivity index (χ1) is 10.3. The van der Waals surface area contributed by atoms with E-state index in [9.17, 15) is 9.90 Å². The van der Waals surface area contributed by atoms with Crippen molar-refractivity contribution < 1.29 is 20.1 Å².